The minimum Gasteiger partial charge on any atom is -0.231 e. The predicted octanol–water partition coefficient (Wildman–Crippen LogP) is 9.10. The van der Waals surface area contributed by atoms with Crippen molar-refractivity contribution in [2.45, 2.75) is 0 Å². The molecule has 41 heavy (non-hydrogen) atoms. The van der Waals surface area contributed by atoms with E-state index in [9.17, 15) is 0 Å². The van der Waals surface area contributed by atoms with Gasteiger partial charge in [-0.05, 0) is 17.0 Å². The number of benzene rings is 5. The van der Waals surface area contributed by atoms with E-state index in [1.807, 2.05) is 42.6 Å². The van der Waals surface area contributed by atoms with Crippen LogP contribution in [-0.2, 0) is 0 Å². The number of para-hydroxylation sites is 1. The van der Waals surface area contributed by atoms with Crippen molar-refractivity contribution < 1.29 is 0 Å². The lowest BCUT2D eigenvalue weighted by molar-refractivity contribution is 0.975. The zero-order valence-corrected chi connectivity index (χ0v) is 22.1. The van der Waals surface area contributed by atoms with Gasteiger partial charge in [0, 0.05) is 33.0 Å². The van der Waals surface area contributed by atoms with Gasteiger partial charge in [-0.25, -0.2) is 14.5 Å². The number of nitrogens with zero attached hydrogens (tertiary/aromatic N) is 4. The zero-order chi connectivity index (χ0) is 27.2. The first kappa shape index (κ1) is 23.3. The van der Waals surface area contributed by atoms with Gasteiger partial charge < -0.3 is 0 Å². The Labute approximate surface area is 237 Å². The Morgan fingerprint density at radius 3 is 1.73 bits per heavy atom. The van der Waals surface area contributed by atoms with Crippen molar-refractivity contribution >= 4 is 27.2 Å². The van der Waals surface area contributed by atoms with E-state index < -0.39 is 0 Å². The van der Waals surface area contributed by atoms with Gasteiger partial charge in [0.15, 0.2) is 5.82 Å². The van der Waals surface area contributed by atoms with Gasteiger partial charge >= 0.3 is 0 Å². The third kappa shape index (κ3) is 3.80. The number of rotatable bonds is 4. The number of hydrogen-bond acceptors (Lipinski definition) is 3. The summed E-state index contributed by atoms with van der Waals surface area (Å²) in [4.78, 5) is 10.3. The molecule has 0 saturated heterocycles. The van der Waals surface area contributed by atoms with Crippen LogP contribution in [0.25, 0.3) is 72.2 Å². The molecule has 8 aromatic rings. The van der Waals surface area contributed by atoms with Crippen LogP contribution in [0.4, 0.5) is 0 Å². The molecule has 0 saturated carbocycles. The molecule has 3 heterocycles. The molecular formula is C37H24N4. The molecular weight excluding hydrogens is 500 g/mol. The van der Waals surface area contributed by atoms with E-state index in [0.717, 1.165) is 66.4 Å². The molecule has 0 unspecified atom stereocenters. The van der Waals surface area contributed by atoms with E-state index >= 15 is 0 Å². The van der Waals surface area contributed by atoms with Gasteiger partial charge in [0.1, 0.15) is 0 Å². The molecule has 8 rings (SSSR count). The Kier molecular flexibility index (Phi) is 5.42. The van der Waals surface area contributed by atoms with Crippen LogP contribution < -0.4 is 0 Å². The third-order valence-corrected chi connectivity index (χ3v) is 7.67. The second-order valence-electron chi connectivity index (χ2n) is 10.1. The summed E-state index contributed by atoms with van der Waals surface area (Å²) in [6.07, 6.45) is 1.99. The molecule has 4 nitrogen and oxygen atoms in total. The summed E-state index contributed by atoms with van der Waals surface area (Å²) >= 11 is 0. The summed E-state index contributed by atoms with van der Waals surface area (Å²) in [6.45, 7) is 0. The molecule has 0 aliphatic heterocycles. The average Bonchev–Trinajstić information content (AvgIpc) is 3.50. The molecule has 4 heteroatoms. The van der Waals surface area contributed by atoms with Crippen LogP contribution in [0.2, 0.25) is 0 Å². The highest BCUT2D eigenvalue weighted by molar-refractivity contribution is 6.15. The van der Waals surface area contributed by atoms with Crippen molar-refractivity contribution in [3.63, 3.8) is 0 Å². The topological polar surface area (TPSA) is 43.1 Å². The van der Waals surface area contributed by atoms with Crippen LogP contribution >= 0.6 is 0 Å². The van der Waals surface area contributed by atoms with Crippen molar-refractivity contribution in [2.24, 2.45) is 0 Å². The van der Waals surface area contributed by atoms with Gasteiger partial charge in [0.05, 0.1) is 28.6 Å². The summed E-state index contributed by atoms with van der Waals surface area (Å²) in [6, 6.07) is 48.1. The highest BCUT2D eigenvalue weighted by Gasteiger charge is 2.24. The first-order valence-electron chi connectivity index (χ1n) is 13.7. The molecule has 0 spiro atoms. The monoisotopic (exact) mass is 524 g/mol. The highest BCUT2D eigenvalue weighted by Crippen LogP contribution is 2.44. The maximum absolute atomic E-state index is 5.30. The van der Waals surface area contributed by atoms with E-state index in [2.05, 4.69) is 108 Å². The van der Waals surface area contributed by atoms with Crippen LogP contribution in [0, 0.1) is 0 Å². The number of fused-ring (bicyclic) bond motifs is 4. The van der Waals surface area contributed by atoms with Crippen LogP contribution in [-0.4, -0.2) is 19.6 Å². The fraction of sp³-hybridized carbons (Fsp3) is 0. The van der Waals surface area contributed by atoms with E-state index in [0.29, 0.717) is 5.82 Å². The minimum absolute atomic E-state index is 0.702. The van der Waals surface area contributed by atoms with Crippen molar-refractivity contribution in [2.75, 3.05) is 0 Å². The molecule has 0 radical (unpaired) electrons. The molecule has 0 aliphatic rings. The molecule has 5 aromatic carbocycles. The number of hydrogen-bond donors (Lipinski definition) is 0. The molecule has 0 aliphatic carbocycles. The van der Waals surface area contributed by atoms with Gasteiger partial charge in [-0.15, -0.1) is 0 Å². The SMILES string of the molecule is c1ccc(-c2nc(-c3c(-c4ccccc4)n4ncc(-c5ccccc5)c4c4ccccc34)c3ccccc3n2)cc1. The first-order valence-corrected chi connectivity index (χ1v) is 13.7. The Hall–Kier alpha value is -5.61. The van der Waals surface area contributed by atoms with Crippen LogP contribution in [0.15, 0.2) is 146 Å². The molecule has 0 bridgehead atoms. The Bertz CT molecular complexity index is 2180. The predicted molar refractivity (Wildman–Crippen MR) is 168 cm³/mol. The standard InChI is InChI=1S/C37H24N4/c1-4-14-25(15-5-1)31-24-38-41-35(26-16-6-2-7-17-26)33(28-20-10-11-21-29(28)36(31)41)34-30-22-12-13-23-32(30)39-37(40-34)27-18-8-3-9-19-27/h1-24H. The van der Waals surface area contributed by atoms with Crippen molar-refractivity contribution in [1.29, 1.82) is 0 Å². The summed E-state index contributed by atoms with van der Waals surface area (Å²) in [5.74, 6) is 0.702. The molecule has 192 valence electrons. The van der Waals surface area contributed by atoms with E-state index in [1.54, 1.807) is 0 Å². The Morgan fingerprint density at radius 1 is 0.463 bits per heavy atom. The van der Waals surface area contributed by atoms with Crippen LogP contribution in [0.3, 0.4) is 0 Å². The lowest BCUT2D eigenvalue weighted by Crippen LogP contribution is -2.03. The van der Waals surface area contributed by atoms with Gasteiger partial charge in [-0.2, -0.15) is 5.10 Å². The minimum atomic E-state index is 0.702. The normalized spacial score (nSPS) is 11.4. The smallest absolute Gasteiger partial charge is 0.160 e. The average molecular weight is 525 g/mol. The van der Waals surface area contributed by atoms with Gasteiger partial charge in [0.25, 0.3) is 0 Å². The Morgan fingerprint density at radius 2 is 1.02 bits per heavy atom. The molecule has 0 amide bonds. The largest absolute Gasteiger partial charge is 0.231 e. The zero-order valence-electron chi connectivity index (χ0n) is 22.1. The maximum Gasteiger partial charge on any atom is 0.160 e. The molecule has 0 N–H and O–H groups in total. The lowest BCUT2D eigenvalue weighted by atomic mass is 9.93. The van der Waals surface area contributed by atoms with Gasteiger partial charge in [0.2, 0.25) is 0 Å². The second kappa shape index (κ2) is 9.54. The van der Waals surface area contributed by atoms with Crippen molar-refractivity contribution in [1.82, 2.24) is 19.6 Å². The fourth-order valence-electron chi connectivity index (χ4n) is 5.83. The maximum atomic E-state index is 5.30. The highest BCUT2D eigenvalue weighted by atomic mass is 15.2. The lowest BCUT2D eigenvalue weighted by Gasteiger charge is -2.18. The van der Waals surface area contributed by atoms with Gasteiger partial charge in [-0.3, -0.25) is 0 Å². The van der Waals surface area contributed by atoms with Gasteiger partial charge in [-0.1, -0.05) is 133 Å². The van der Waals surface area contributed by atoms with Crippen LogP contribution in [0.1, 0.15) is 0 Å². The fourth-order valence-corrected chi connectivity index (χ4v) is 5.83. The van der Waals surface area contributed by atoms with E-state index in [4.69, 9.17) is 15.1 Å². The summed E-state index contributed by atoms with van der Waals surface area (Å²) in [5, 5.41) is 8.30. The molecule has 0 fully saturated rings. The van der Waals surface area contributed by atoms with Crippen molar-refractivity contribution in [3.05, 3.63) is 146 Å². The molecule has 0 atom stereocenters. The second-order valence-corrected chi connectivity index (χ2v) is 10.1. The summed E-state index contributed by atoms with van der Waals surface area (Å²) < 4.78 is 2.11. The number of aromatic nitrogens is 4. The molecule has 3 aromatic heterocycles. The van der Waals surface area contributed by atoms with Crippen LogP contribution in [0.5, 0.6) is 0 Å². The quantitative estimate of drug-likeness (QED) is 0.231. The number of pyridine rings is 1. The van der Waals surface area contributed by atoms with Crippen molar-refractivity contribution in [3.8, 4) is 45.0 Å². The van der Waals surface area contributed by atoms with E-state index in [1.165, 1.54) is 0 Å². The third-order valence-electron chi connectivity index (χ3n) is 7.67. The Balaban J connectivity index is 1.57. The summed E-state index contributed by atoms with van der Waals surface area (Å²) in [7, 11) is 0. The summed E-state index contributed by atoms with van der Waals surface area (Å²) in [5.41, 5.74) is 9.22. The van der Waals surface area contributed by atoms with E-state index in [-0.39, 0.29) is 0 Å². The first-order chi connectivity index (χ1) is 20.4.